The minimum atomic E-state index is 0.468. The van der Waals surface area contributed by atoms with Gasteiger partial charge in [-0.25, -0.2) is 4.98 Å². The van der Waals surface area contributed by atoms with E-state index in [1.807, 2.05) is 60.7 Å². The highest BCUT2D eigenvalue weighted by molar-refractivity contribution is 5.90. The molecule has 0 saturated carbocycles. The van der Waals surface area contributed by atoms with Crippen LogP contribution in [0, 0.1) is 0 Å². The lowest BCUT2D eigenvalue weighted by atomic mass is 10.1. The van der Waals surface area contributed by atoms with E-state index >= 15 is 0 Å². The van der Waals surface area contributed by atoms with Gasteiger partial charge in [0.05, 0.1) is 25.6 Å². The summed E-state index contributed by atoms with van der Waals surface area (Å²) in [6.07, 6.45) is 0.796. The fourth-order valence-electron chi connectivity index (χ4n) is 3.32. The first-order chi connectivity index (χ1) is 14.2. The van der Waals surface area contributed by atoms with Crippen LogP contribution in [0.25, 0.3) is 33.9 Å². The van der Waals surface area contributed by atoms with E-state index in [1.165, 1.54) is 0 Å². The zero-order valence-electron chi connectivity index (χ0n) is 16.2. The number of imidazole rings is 1. The van der Waals surface area contributed by atoms with Crippen LogP contribution < -0.4 is 9.47 Å². The van der Waals surface area contributed by atoms with Gasteiger partial charge in [-0.15, -0.1) is 0 Å². The van der Waals surface area contributed by atoms with Crippen molar-refractivity contribution in [3.8, 4) is 45.4 Å². The van der Waals surface area contributed by atoms with Gasteiger partial charge in [-0.2, -0.15) is 0 Å². The second-order valence-corrected chi connectivity index (χ2v) is 6.45. The van der Waals surface area contributed by atoms with Gasteiger partial charge in [0, 0.05) is 22.3 Å². The van der Waals surface area contributed by atoms with Crippen molar-refractivity contribution in [1.29, 1.82) is 0 Å². The zero-order valence-corrected chi connectivity index (χ0v) is 16.2. The van der Waals surface area contributed by atoms with E-state index in [1.54, 1.807) is 26.4 Å². The molecule has 0 radical (unpaired) electrons. The molecule has 0 atom stereocenters. The molecule has 0 aliphatic heterocycles. The Labute approximate surface area is 169 Å². The molecule has 0 amide bonds. The fourth-order valence-corrected chi connectivity index (χ4v) is 3.32. The van der Waals surface area contributed by atoms with Gasteiger partial charge >= 0.3 is 0 Å². The molecule has 4 rings (SSSR count). The average molecular weight is 384 g/mol. The van der Waals surface area contributed by atoms with Gasteiger partial charge in [0.15, 0.2) is 17.8 Å². The second-order valence-electron chi connectivity index (χ2n) is 6.45. The molecule has 1 N–H and O–H groups in total. The Hall–Kier alpha value is -3.86. The van der Waals surface area contributed by atoms with Crippen molar-refractivity contribution >= 4 is 6.29 Å². The number of benzene rings is 3. The smallest absolute Gasteiger partial charge is 0.161 e. The molecule has 1 heterocycles. The maximum atomic E-state index is 11.8. The fraction of sp³-hybridized carbons (Fsp3) is 0.0833. The quantitative estimate of drug-likeness (QED) is 0.462. The van der Waals surface area contributed by atoms with E-state index in [-0.39, 0.29) is 0 Å². The molecule has 0 saturated heterocycles. The molecular weight excluding hydrogens is 364 g/mol. The number of carbonyl (C=O) groups is 1. The molecule has 1 aromatic heterocycles. The Kier molecular flexibility index (Phi) is 5.12. The normalized spacial score (nSPS) is 10.6. The number of nitrogens with zero attached hydrogens (tertiary/aromatic N) is 1. The summed E-state index contributed by atoms with van der Waals surface area (Å²) in [4.78, 5) is 20.0. The third-order valence-electron chi connectivity index (χ3n) is 4.75. The second kappa shape index (κ2) is 8.02. The van der Waals surface area contributed by atoms with Crippen molar-refractivity contribution in [2.24, 2.45) is 0 Å². The van der Waals surface area contributed by atoms with Crippen LogP contribution in [0.1, 0.15) is 10.4 Å². The Bertz CT molecular complexity index is 1080. The van der Waals surface area contributed by atoms with Crippen molar-refractivity contribution < 1.29 is 14.3 Å². The summed E-state index contributed by atoms with van der Waals surface area (Å²) in [5.74, 6) is 1.62. The number of hydrogen-bond donors (Lipinski definition) is 1. The molecule has 0 unspecified atom stereocenters. The molecule has 0 spiro atoms. The molecular formula is C24H20N2O3. The Morgan fingerprint density at radius 1 is 0.828 bits per heavy atom. The molecule has 3 aromatic carbocycles. The summed E-state index contributed by atoms with van der Waals surface area (Å²) in [6, 6.07) is 23.4. The van der Waals surface area contributed by atoms with E-state index in [0.29, 0.717) is 28.5 Å². The van der Waals surface area contributed by atoms with Gasteiger partial charge in [0.25, 0.3) is 0 Å². The van der Waals surface area contributed by atoms with Crippen LogP contribution in [0.15, 0.2) is 72.8 Å². The Morgan fingerprint density at radius 2 is 1.41 bits per heavy atom. The molecule has 0 bridgehead atoms. The number of methoxy groups -OCH3 is 2. The number of hydrogen-bond acceptors (Lipinski definition) is 4. The van der Waals surface area contributed by atoms with E-state index in [0.717, 1.165) is 28.8 Å². The number of carbonyl (C=O) groups excluding carboxylic acids is 1. The maximum Gasteiger partial charge on any atom is 0.161 e. The summed E-state index contributed by atoms with van der Waals surface area (Å²) in [5.41, 5.74) is 4.82. The number of nitrogens with one attached hydrogen (secondary N) is 1. The van der Waals surface area contributed by atoms with Crippen molar-refractivity contribution in [1.82, 2.24) is 9.97 Å². The first kappa shape index (κ1) is 18.5. The van der Waals surface area contributed by atoms with Crippen LogP contribution in [0.4, 0.5) is 0 Å². The molecule has 144 valence electrons. The summed E-state index contributed by atoms with van der Waals surface area (Å²) in [5, 5.41) is 0. The largest absolute Gasteiger partial charge is 0.493 e. The summed E-state index contributed by atoms with van der Waals surface area (Å²) in [7, 11) is 3.11. The minimum Gasteiger partial charge on any atom is -0.493 e. The molecule has 5 nitrogen and oxygen atoms in total. The van der Waals surface area contributed by atoms with Crippen molar-refractivity contribution in [2.75, 3.05) is 14.2 Å². The lowest BCUT2D eigenvalue weighted by Crippen LogP contribution is -1.96. The van der Waals surface area contributed by atoms with Crippen LogP contribution >= 0.6 is 0 Å². The van der Waals surface area contributed by atoms with E-state index < -0.39 is 0 Å². The van der Waals surface area contributed by atoms with Gasteiger partial charge in [-0.1, -0.05) is 60.7 Å². The number of ether oxygens (including phenoxy) is 2. The first-order valence-electron chi connectivity index (χ1n) is 9.17. The van der Waals surface area contributed by atoms with Crippen LogP contribution in [-0.4, -0.2) is 30.5 Å². The maximum absolute atomic E-state index is 11.8. The van der Waals surface area contributed by atoms with Gasteiger partial charge in [-0.05, 0) is 12.1 Å². The van der Waals surface area contributed by atoms with E-state index in [2.05, 4.69) is 4.98 Å². The highest BCUT2D eigenvalue weighted by Crippen LogP contribution is 2.37. The van der Waals surface area contributed by atoms with Gasteiger partial charge in [0.1, 0.15) is 5.82 Å². The van der Waals surface area contributed by atoms with Crippen molar-refractivity contribution in [2.45, 2.75) is 0 Å². The van der Waals surface area contributed by atoms with E-state index in [9.17, 15) is 4.79 Å². The molecule has 0 fully saturated rings. The van der Waals surface area contributed by atoms with Crippen LogP contribution in [0.3, 0.4) is 0 Å². The third kappa shape index (κ3) is 3.50. The highest BCUT2D eigenvalue weighted by Gasteiger charge is 2.19. The number of aldehydes is 1. The van der Waals surface area contributed by atoms with Crippen LogP contribution in [-0.2, 0) is 0 Å². The number of aromatic nitrogens is 2. The molecule has 0 aliphatic rings. The summed E-state index contributed by atoms with van der Waals surface area (Å²) < 4.78 is 10.7. The number of H-pyrrole nitrogens is 1. The molecule has 5 heteroatoms. The predicted molar refractivity (Wildman–Crippen MR) is 113 cm³/mol. The lowest BCUT2D eigenvalue weighted by molar-refractivity contribution is 0.112. The van der Waals surface area contributed by atoms with Gasteiger partial charge < -0.3 is 14.5 Å². The van der Waals surface area contributed by atoms with Crippen molar-refractivity contribution in [3.63, 3.8) is 0 Å². The van der Waals surface area contributed by atoms with Crippen LogP contribution in [0.5, 0.6) is 11.5 Å². The topological polar surface area (TPSA) is 64.2 Å². The van der Waals surface area contributed by atoms with Crippen molar-refractivity contribution in [3.05, 3.63) is 78.4 Å². The summed E-state index contributed by atoms with van der Waals surface area (Å²) >= 11 is 0. The first-order valence-corrected chi connectivity index (χ1v) is 9.17. The average Bonchev–Trinajstić information content (AvgIpc) is 3.24. The summed E-state index contributed by atoms with van der Waals surface area (Å²) in [6.45, 7) is 0. The van der Waals surface area contributed by atoms with Crippen LogP contribution in [0.2, 0.25) is 0 Å². The highest BCUT2D eigenvalue weighted by atomic mass is 16.5. The standard InChI is InChI=1S/C24H20N2O3/c1-28-20-13-18(15-27)19(14-21(20)29-2)24-25-22(16-9-5-3-6-10-16)23(26-24)17-11-7-4-8-12-17/h3-15H,1-2H3,(H,25,26). The third-order valence-corrected chi connectivity index (χ3v) is 4.75. The SMILES string of the molecule is COc1cc(C=O)c(-c2nc(-c3ccccc3)c(-c3ccccc3)[nH]2)cc1OC. The van der Waals surface area contributed by atoms with Gasteiger partial charge in [0.2, 0.25) is 0 Å². The zero-order chi connectivity index (χ0) is 20.2. The molecule has 4 aromatic rings. The number of aromatic amines is 1. The predicted octanol–water partition coefficient (Wildman–Crippen LogP) is 5.24. The Morgan fingerprint density at radius 3 is 2.00 bits per heavy atom. The Balaban J connectivity index is 1.95. The molecule has 29 heavy (non-hydrogen) atoms. The molecule has 0 aliphatic carbocycles. The number of rotatable bonds is 6. The van der Waals surface area contributed by atoms with Gasteiger partial charge in [-0.3, -0.25) is 4.79 Å². The lowest BCUT2D eigenvalue weighted by Gasteiger charge is -2.10. The minimum absolute atomic E-state index is 0.468. The van der Waals surface area contributed by atoms with E-state index in [4.69, 9.17) is 14.5 Å². The monoisotopic (exact) mass is 384 g/mol.